The Bertz CT molecular complexity index is 587. The molecule has 1 amide bonds. The van der Waals surface area contributed by atoms with Crippen molar-refractivity contribution in [2.24, 2.45) is 5.41 Å². The van der Waals surface area contributed by atoms with Crippen molar-refractivity contribution in [1.82, 2.24) is 4.90 Å². The van der Waals surface area contributed by atoms with Crippen molar-refractivity contribution in [2.75, 3.05) is 6.54 Å². The Hall–Kier alpha value is -1.45. The van der Waals surface area contributed by atoms with Gasteiger partial charge in [-0.25, -0.2) is 9.69 Å². The summed E-state index contributed by atoms with van der Waals surface area (Å²) in [6, 6.07) is 0. The van der Waals surface area contributed by atoms with E-state index >= 15 is 0 Å². The summed E-state index contributed by atoms with van der Waals surface area (Å²) in [6.45, 7) is 7.88. The lowest BCUT2D eigenvalue weighted by Gasteiger charge is -2.27. The Morgan fingerprint density at radius 2 is 1.77 bits per heavy atom. The maximum Gasteiger partial charge on any atom is 0.534 e. The van der Waals surface area contributed by atoms with Crippen LogP contribution in [0, 0.1) is 5.41 Å². The first-order valence-electron chi connectivity index (χ1n) is 6.28. The second kappa shape index (κ2) is 5.32. The van der Waals surface area contributed by atoms with Crippen LogP contribution in [0.2, 0.25) is 0 Å². The van der Waals surface area contributed by atoms with Crippen LogP contribution in [0.1, 0.15) is 34.6 Å². The quantitative estimate of drug-likeness (QED) is 0.568. The number of halogens is 3. The molecule has 0 N–H and O–H groups in total. The fourth-order valence-corrected chi connectivity index (χ4v) is 2.10. The molecular weight excluding hydrogens is 327 g/mol. The van der Waals surface area contributed by atoms with Gasteiger partial charge in [-0.05, 0) is 26.8 Å². The Labute approximate surface area is 127 Å². The van der Waals surface area contributed by atoms with Crippen molar-refractivity contribution in [3.63, 3.8) is 0 Å². The van der Waals surface area contributed by atoms with E-state index in [0.717, 1.165) is 11.0 Å². The molecule has 22 heavy (non-hydrogen) atoms. The average Bonchev–Trinajstić information content (AvgIpc) is 2.48. The fraction of sp³-hybridized carbons (Fsp3) is 0.750. The molecule has 1 rings (SSSR count). The lowest BCUT2D eigenvalue weighted by Crippen LogP contribution is -2.38. The summed E-state index contributed by atoms with van der Waals surface area (Å²) in [5.41, 5.74) is -7.23. The summed E-state index contributed by atoms with van der Waals surface area (Å²) >= 11 is 0. The van der Waals surface area contributed by atoms with Crippen LogP contribution in [0.25, 0.3) is 0 Å². The Balaban J connectivity index is 3.06. The molecule has 6 nitrogen and oxygen atoms in total. The van der Waals surface area contributed by atoms with E-state index in [1.165, 1.54) is 0 Å². The lowest BCUT2D eigenvalue weighted by atomic mass is 9.96. The highest BCUT2D eigenvalue weighted by Gasteiger charge is 2.51. The monoisotopic (exact) mass is 345 g/mol. The third kappa shape index (κ3) is 4.52. The van der Waals surface area contributed by atoms with E-state index in [1.54, 1.807) is 34.6 Å². The molecule has 1 heterocycles. The molecule has 0 fully saturated rings. The summed E-state index contributed by atoms with van der Waals surface area (Å²) in [7, 11) is -5.86. The highest BCUT2D eigenvalue weighted by atomic mass is 32.2. The van der Waals surface area contributed by atoms with Gasteiger partial charge >= 0.3 is 21.7 Å². The molecule has 1 aliphatic rings. The topological polar surface area (TPSA) is 72.9 Å². The van der Waals surface area contributed by atoms with Crippen molar-refractivity contribution in [3.05, 3.63) is 12.0 Å². The number of hydrogen-bond acceptors (Lipinski definition) is 5. The first-order chi connectivity index (χ1) is 9.54. The van der Waals surface area contributed by atoms with Gasteiger partial charge in [0.1, 0.15) is 5.60 Å². The maximum absolute atomic E-state index is 12.4. The number of rotatable bonds is 2. The van der Waals surface area contributed by atoms with Gasteiger partial charge in [0.15, 0.2) is 0 Å². The molecule has 128 valence electrons. The van der Waals surface area contributed by atoms with Crippen LogP contribution in [0.15, 0.2) is 12.0 Å². The second-order valence-corrected chi connectivity index (χ2v) is 8.06. The third-order valence-corrected chi connectivity index (χ3v) is 3.40. The molecule has 0 radical (unpaired) electrons. The highest BCUT2D eigenvalue weighted by Crippen LogP contribution is 2.36. The summed E-state index contributed by atoms with van der Waals surface area (Å²) < 4.78 is 68.5. The van der Waals surface area contributed by atoms with Crippen molar-refractivity contribution < 1.29 is 35.3 Å². The summed E-state index contributed by atoms with van der Waals surface area (Å²) in [6.07, 6.45) is 0.155. The largest absolute Gasteiger partial charge is 0.534 e. The van der Waals surface area contributed by atoms with Gasteiger partial charge in [0.05, 0.1) is 0 Å². The molecule has 0 aromatic rings. The zero-order valence-corrected chi connectivity index (χ0v) is 13.6. The van der Waals surface area contributed by atoms with Gasteiger partial charge in [0, 0.05) is 12.0 Å². The number of carbonyl (C=O) groups excluding carboxylic acids is 1. The molecule has 0 unspecified atom stereocenters. The SMILES string of the molecule is CC1(C)C=C(OS(=O)(=O)C(F)(F)F)N(C(=O)OC(C)(C)C)C1. The molecule has 0 aromatic heterocycles. The van der Waals surface area contributed by atoms with Crippen molar-refractivity contribution in [3.8, 4) is 0 Å². The molecule has 0 bridgehead atoms. The summed E-state index contributed by atoms with van der Waals surface area (Å²) in [4.78, 5) is 12.7. The van der Waals surface area contributed by atoms with E-state index in [-0.39, 0.29) is 6.54 Å². The first kappa shape index (κ1) is 18.6. The zero-order valence-electron chi connectivity index (χ0n) is 12.8. The van der Waals surface area contributed by atoms with E-state index in [9.17, 15) is 26.4 Å². The van der Waals surface area contributed by atoms with Gasteiger partial charge in [0.25, 0.3) is 0 Å². The minimum Gasteiger partial charge on any atom is -0.443 e. The third-order valence-electron chi connectivity index (χ3n) is 2.44. The minimum absolute atomic E-state index is 0.0649. The van der Waals surface area contributed by atoms with E-state index in [1.807, 2.05) is 0 Å². The lowest BCUT2D eigenvalue weighted by molar-refractivity contribution is -0.0539. The first-order valence-corrected chi connectivity index (χ1v) is 7.69. The predicted molar refractivity (Wildman–Crippen MR) is 70.9 cm³/mol. The van der Waals surface area contributed by atoms with Crippen LogP contribution >= 0.6 is 0 Å². The molecular formula is C12H18F3NO5S. The van der Waals surface area contributed by atoms with Crippen LogP contribution in [0.3, 0.4) is 0 Å². The number of ether oxygens (including phenoxy) is 1. The standard InChI is InChI=1S/C12H18F3NO5S/c1-10(2,3)20-9(17)16-7-11(4,5)6-8(16)21-22(18,19)12(13,14)15/h6H,7H2,1-5H3. The Morgan fingerprint density at radius 3 is 2.18 bits per heavy atom. The molecule has 0 aromatic carbocycles. The normalized spacial score (nSPS) is 18.9. The molecule has 0 aliphatic carbocycles. The minimum atomic E-state index is -5.86. The highest BCUT2D eigenvalue weighted by molar-refractivity contribution is 7.87. The van der Waals surface area contributed by atoms with Crippen LogP contribution in [-0.4, -0.2) is 37.1 Å². The number of alkyl halides is 3. The molecule has 0 saturated heterocycles. The van der Waals surface area contributed by atoms with Crippen molar-refractivity contribution in [2.45, 2.75) is 45.7 Å². The molecule has 0 spiro atoms. The molecule has 0 atom stereocenters. The maximum atomic E-state index is 12.4. The second-order valence-electron chi connectivity index (χ2n) is 6.52. The van der Waals surface area contributed by atoms with E-state index in [2.05, 4.69) is 4.18 Å². The van der Waals surface area contributed by atoms with Crippen LogP contribution in [-0.2, 0) is 19.0 Å². The van der Waals surface area contributed by atoms with Crippen LogP contribution in [0.5, 0.6) is 0 Å². The van der Waals surface area contributed by atoms with E-state index in [4.69, 9.17) is 4.74 Å². The number of carbonyl (C=O) groups is 1. The van der Waals surface area contributed by atoms with Crippen molar-refractivity contribution >= 4 is 16.2 Å². The van der Waals surface area contributed by atoms with E-state index in [0.29, 0.717) is 0 Å². The van der Waals surface area contributed by atoms with Crippen molar-refractivity contribution in [1.29, 1.82) is 0 Å². The fourth-order valence-electron chi connectivity index (χ4n) is 1.64. The molecule has 0 saturated carbocycles. The summed E-state index contributed by atoms with van der Waals surface area (Å²) in [5, 5.41) is 0. The number of amides is 1. The Morgan fingerprint density at radius 1 is 1.27 bits per heavy atom. The van der Waals surface area contributed by atoms with Crippen LogP contribution < -0.4 is 0 Å². The molecule has 1 aliphatic heterocycles. The number of nitrogens with zero attached hydrogens (tertiary/aromatic N) is 1. The summed E-state index contributed by atoms with van der Waals surface area (Å²) in [5.74, 6) is -0.712. The van der Waals surface area contributed by atoms with E-state index < -0.39 is 38.6 Å². The van der Waals surface area contributed by atoms with Gasteiger partial charge in [-0.3, -0.25) is 0 Å². The van der Waals surface area contributed by atoms with Gasteiger partial charge in [-0.1, -0.05) is 13.8 Å². The van der Waals surface area contributed by atoms with Gasteiger partial charge < -0.3 is 8.92 Å². The predicted octanol–water partition coefficient (Wildman–Crippen LogP) is 2.97. The van der Waals surface area contributed by atoms with Crippen LogP contribution in [0.4, 0.5) is 18.0 Å². The number of hydrogen-bond donors (Lipinski definition) is 0. The van der Waals surface area contributed by atoms with Gasteiger partial charge in [-0.2, -0.15) is 21.6 Å². The average molecular weight is 345 g/mol. The van der Waals surface area contributed by atoms with Gasteiger partial charge in [-0.15, -0.1) is 0 Å². The van der Waals surface area contributed by atoms with Gasteiger partial charge in [0.2, 0.25) is 5.88 Å². The zero-order chi connectivity index (χ0) is 17.6. The molecule has 10 heteroatoms. The Kier molecular flexibility index (Phi) is 4.50. The smallest absolute Gasteiger partial charge is 0.443 e.